The molecule has 96 valence electrons. The van der Waals surface area contributed by atoms with Gasteiger partial charge in [-0.2, -0.15) is 13.2 Å². The molecule has 1 fully saturated rings. The number of likely N-dealkylation sites (N-methyl/N-ethyl adjacent to an activating group) is 1. The number of halogens is 3. The summed E-state index contributed by atoms with van der Waals surface area (Å²) in [6, 6.07) is 0. The molecule has 1 unspecified atom stereocenters. The molecule has 0 aromatic carbocycles. The third-order valence-corrected chi connectivity index (χ3v) is 2.52. The molecule has 1 aliphatic heterocycles. The molecule has 1 N–H and O–H groups in total. The van der Waals surface area contributed by atoms with Crippen molar-refractivity contribution in [2.45, 2.75) is 25.1 Å². The van der Waals surface area contributed by atoms with Gasteiger partial charge in [0.25, 0.3) is 0 Å². The normalized spacial score (nSPS) is 22.7. The number of hydrogen-bond acceptors (Lipinski definition) is 3. The average Bonchev–Trinajstić information content (AvgIpc) is 2.17. The first-order valence-corrected chi connectivity index (χ1v) is 5.55. The molecule has 1 heterocycles. The summed E-state index contributed by atoms with van der Waals surface area (Å²) in [4.78, 5) is 1.89. The molecule has 1 atom stereocenters. The van der Waals surface area contributed by atoms with E-state index >= 15 is 0 Å². The fourth-order valence-electron chi connectivity index (χ4n) is 1.73. The lowest BCUT2D eigenvalue weighted by Gasteiger charge is -2.28. The maximum Gasteiger partial charge on any atom is 0.389 e. The van der Waals surface area contributed by atoms with Gasteiger partial charge in [0, 0.05) is 26.1 Å². The first kappa shape index (κ1) is 13.7. The number of morpholine rings is 1. The molecule has 0 aliphatic carbocycles. The van der Waals surface area contributed by atoms with E-state index in [2.05, 4.69) is 5.32 Å². The van der Waals surface area contributed by atoms with Crippen LogP contribution in [-0.2, 0) is 4.74 Å². The van der Waals surface area contributed by atoms with Crippen LogP contribution in [0.3, 0.4) is 0 Å². The van der Waals surface area contributed by atoms with Crippen LogP contribution in [0.25, 0.3) is 0 Å². The number of rotatable bonds is 5. The van der Waals surface area contributed by atoms with Gasteiger partial charge in [-0.25, -0.2) is 0 Å². The van der Waals surface area contributed by atoms with Gasteiger partial charge in [-0.3, -0.25) is 0 Å². The number of nitrogens with one attached hydrogen (secondary N) is 1. The van der Waals surface area contributed by atoms with Crippen LogP contribution in [0.15, 0.2) is 0 Å². The van der Waals surface area contributed by atoms with E-state index in [1.54, 1.807) is 0 Å². The zero-order valence-electron chi connectivity index (χ0n) is 9.52. The number of ether oxygens (including phenoxy) is 1. The minimum Gasteiger partial charge on any atom is -0.374 e. The van der Waals surface area contributed by atoms with Crippen molar-refractivity contribution in [1.29, 1.82) is 0 Å². The molecule has 6 heteroatoms. The lowest BCUT2D eigenvalue weighted by Crippen LogP contribution is -2.44. The quantitative estimate of drug-likeness (QED) is 0.782. The fraction of sp³-hybridized carbons (Fsp3) is 1.00. The molecule has 1 saturated heterocycles. The molecule has 0 aromatic heterocycles. The Balaban J connectivity index is 2.08. The standard InChI is InChI=1S/C10H19F3N2O/c1-15(5-2-3-10(11,12)13)8-9-7-14-4-6-16-9/h9,14H,2-8H2,1H3. The van der Waals surface area contributed by atoms with E-state index in [-0.39, 0.29) is 12.5 Å². The van der Waals surface area contributed by atoms with Gasteiger partial charge in [-0.1, -0.05) is 0 Å². The van der Waals surface area contributed by atoms with Crippen LogP contribution < -0.4 is 5.32 Å². The summed E-state index contributed by atoms with van der Waals surface area (Å²) in [6.45, 7) is 3.46. The predicted molar refractivity (Wildman–Crippen MR) is 55.4 cm³/mol. The van der Waals surface area contributed by atoms with E-state index < -0.39 is 12.6 Å². The zero-order valence-corrected chi connectivity index (χ0v) is 9.52. The first-order chi connectivity index (χ1) is 7.47. The molecule has 0 bridgehead atoms. The largest absolute Gasteiger partial charge is 0.389 e. The summed E-state index contributed by atoms with van der Waals surface area (Å²) in [7, 11) is 1.83. The van der Waals surface area contributed by atoms with E-state index in [0.29, 0.717) is 19.7 Å². The minimum atomic E-state index is -4.04. The van der Waals surface area contributed by atoms with Crippen molar-refractivity contribution in [1.82, 2.24) is 10.2 Å². The highest BCUT2D eigenvalue weighted by Crippen LogP contribution is 2.21. The van der Waals surface area contributed by atoms with Crippen molar-refractivity contribution < 1.29 is 17.9 Å². The summed E-state index contributed by atoms with van der Waals surface area (Å²) >= 11 is 0. The van der Waals surface area contributed by atoms with Gasteiger partial charge in [0.1, 0.15) is 0 Å². The van der Waals surface area contributed by atoms with Crippen LogP contribution >= 0.6 is 0 Å². The molecule has 3 nitrogen and oxygen atoms in total. The summed E-state index contributed by atoms with van der Waals surface area (Å²) in [5, 5.41) is 3.19. The molecule has 0 aromatic rings. The summed E-state index contributed by atoms with van der Waals surface area (Å²) < 4.78 is 41.2. The molecule has 0 saturated carbocycles. The van der Waals surface area contributed by atoms with Crippen LogP contribution in [0.5, 0.6) is 0 Å². The highest BCUT2D eigenvalue weighted by Gasteiger charge is 2.26. The lowest BCUT2D eigenvalue weighted by molar-refractivity contribution is -0.136. The van der Waals surface area contributed by atoms with Crippen LogP contribution in [0.2, 0.25) is 0 Å². The Hall–Kier alpha value is -0.330. The second-order valence-electron chi connectivity index (χ2n) is 4.18. The Morgan fingerprint density at radius 3 is 2.75 bits per heavy atom. The highest BCUT2D eigenvalue weighted by atomic mass is 19.4. The van der Waals surface area contributed by atoms with Crippen molar-refractivity contribution in [3.8, 4) is 0 Å². The van der Waals surface area contributed by atoms with Crippen LogP contribution in [0.1, 0.15) is 12.8 Å². The predicted octanol–water partition coefficient (Wildman–Crippen LogP) is 1.25. The van der Waals surface area contributed by atoms with Gasteiger partial charge in [0.15, 0.2) is 0 Å². The maximum atomic E-state index is 11.9. The molecule has 1 rings (SSSR count). The van der Waals surface area contributed by atoms with E-state index in [0.717, 1.165) is 13.1 Å². The average molecular weight is 240 g/mol. The van der Waals surface area contributed by atoms with Crippen LogP contribution in [0, 0.1) is 0 Å². The van der Waals surface area contributed by atoms with E-state index in [4.69, 9.17) is 4.74 Å². The summed E-state index contributed by atoms with van der Waals surface area (Å²) in [5.74, 6) is 0. The molecular weight excluding hydrogens is 221 g/mol. The summed E-state index contributed by atoms with van der Waals surface area (Å²) in [5.41, 5.74) is 0. The van der Waals surface area contributed by atoms with Gasteiger partial charge < -0.3 is 15.0 Å². The molecular formula is C10H19F3N2O. The van der Waals surface area contributed by atoms with Gasteiger partial charge in [-0.05, 0) is 20.0 Å². The second-order valence-corrected chi connectivity index (χ2v) is 4.18. The Labute approximate surface area is 93.9 Å². The molecule has 16 heavy (non-hydrogen) atoms. The van der Waals surface area contributed by atoms with E-state index in [1.807, 2.05) is 11.9 Å². The van der Waals surface area contributed by atoms with Crippen LogP contribution in [-0.4, -0.2) is 57.0 Å². The van der Waals surface area contributed by atoms with Gasteiger partial charge in [-0.15, -0.1) is 0 Å². The van der Waals surface area contributed by atoms with E-state index in [9.17, 15) is 13.2 Å². The third kappa shape index (κ3) is 6.30. The number of nitrogens with zero attached hydrogens (tertiary/aromatic N) is 1. The van der Waals surface area contributed by atoms with E-state index in [1.165, 1.54) is 0 Å². The van der Waals surface area contributed by atoms with Crippen molar-refractivity contribution in [3.05, 3.63) is 0 Å². The number of hydrogen-bond donors (Lipinski definition) is 1. The maximum absolute atomic E-state index is 11.9. The molecule has 0 spiro atoms. The molecule has 0 radical (unpaired) electrons. The SMILES string of the molecule is CN(CCCC(F)(F)F)CC1CNCCO1. The van der Waals surface area contributed by atoms with Gasteiger partial charge >= 0.3 is 6.18 Å². The third-order valence-electron chi connectivity index (χ3n) is 2.52. The van der Waals surface area contributed by atoms with Crippen LogP contribution in [0.4, 0.5) is 13.2 Å². The first-order valence-electron chi connectivity index (χ1n) is 5.55. The Morgan fingerprint density at radius 1 is 1.44 bits per heavy atom. The van der Waals surface area contributed by atoms with Gasteiger partial charge in [0.2, 0.25) is 0 Å². The van der Waals surface area contributed by atoms with Crippen molar-refractivity contribution >= 4 is 0 Å². The highest BCUT2D eigenvalue weighted by molar-refractivity contribution is 4.70. The Kier molecular flexibility index (Phi) is 5.51. The molecule has 1 aliphatic rings. The van der Waals surface area contributed by atoms with Gasteiger partial charge in [0.05, 0.1) is 12.7 Å². The zero-order chi connectivity index (χ0) is 12.0. The monoisotopic (exact) mass is 240 g/mol. The van der Waals surface area contributed by atoms with Crippen molar-refractivity contribution in [2.24, 2.45) is 0 Å². The number of alkyl halides is 3. The summed E-state index contributed by atoms with van der Waals surface area (Å²) in [6.07, 6.45) is -4.49. The fourth-order valence-corrected chi connectivity index (χ4v) is 1.73. The smallest absolute Gasteiger partial charge is 0.374 e. The molecule has 0 amide bonds. The lowest BCUT2D eigenvalue weighted by atomic mass is 10.2. The van der Waals surface area contributed by atoms with Crippen molar-refractivity contribution in [2.75, 3.05) is 39.8 Å². The Morgan fingerprint density at radius 2 is 2.19 bits per heavy atom. The second kappa shape index (κ2) is 6.42. The van der Waals surface area contributed by atoms with Crippen molar-refractivity contribution in [3.63, 3.8) is 0 Å². The topological polar surface area (TPSA) is 24.5 Å². The Bertz CT molecular complexity index is 193. The minimum absolute atomic E-state index is 0.102.